The average Bonchev–Trinajstić information content (AvgIpc) is 2.63. The van der Waals surface area contributed by atoms with Crippen LogP contribution in [-0.2, 0) is 4.84 Å². The average molecular weight is 345 g/mol. The van der Waals surface area contributed by atoms with E-state index in [-0.39, 0.29) is 0 Å². The first-order chi connectivity index (χ1) is 11.8. The van der Waals surface area contributed by atoms with E-state index in [0.29, 0.717) is 0 Å². The molecule has 0 unspecified atom stereocenters. The van der Waals surface area contributed by atoms with Crippen molar-refractivity contribution < 1.29 is 4.84 Å². The van der Waals surface area contributed by atoms with Gasteiger partial charge in [0.25, 0.3) is 0 Å². The number of benzene rings is 1. The van der Waals surface area contributed by atoms with Crippen molar-refractivity contribution in [3.05, 3.63) is 59.2 Å². The number of oxime groups is 1. The van der Waals surface area contributed by atoms with Gasteiger partial charge in [-0.1, -0.05) is 35.0 Å². The van der Waals surface area contributed by atoms with E-state index in [9.17, 15) is 0 Å². The third-order valence-electron chi connectivity index (χ3n) is 4.10. The fourth-order valence-corrected chi connectivity index (χ4v) is 2.94. The molecule has 6 heteroatoms. The fourth-order valence-electron chi connectivity index (χ4n) is 2.81. The van der Waals surface area contributed by atoms with Crippen LogP contribution in [0.3, 0.4) is 0 Å². The smallest absolute Gasteiger partial charge is 0.128 e. The summed E-state index contributed by atoms with van der Waals surface area (Å²) in [7, 11) is 1.58. The van der Waals surface area contributed by atoms with Crippen LogP contribution in [0.5, 0.6) is 0 Å². The molecule has 2 heterocycles. The summed E-state index contributed by atoms with van der Waals surface area (Å²) in [5.74, 6) is 1.04. The van der Waals surface area contributed by atoms with Gasteiger partial charge in [-0.2, -0.15) is 0 Å². The van der Waals surface area contributed by atoms with Gasteiger partial charge in [-0.15, -0.1) is 0 Å². The van der Waals surface area contributed by atoms with Crippen molar-refractivity contribution in [1.82, 2.24) is 9.88 Å². The Hall–Kier alpha value is -2.11. The van der Waals surface area contributed by atoms with Crippen LogP contribution in [0.15, 0.2) is 53.8 Å². The number of rotatable bonds is 5. The maximum atomic E-state index is 5.97. The van der Waals surface area contributed by atoms with Crippen LogP contribution in [0.25, 0.3) is 0 Å². The highest BCUT2D eigenvalue weighted by molar-refractivity contribution is 6.30. The van der Waals surface area contributed by atoms with Crippen molar-refractivity contribution in [1.29, 1.82) is 0 Å². The van der Waals surface area contributed by atoms with Crippen molar-refractivity contribution in [2.45, 2.75) is 0 Å². The molecular formula is C18H21ClN4O. The SMILES string of the molecule is CON=C(CN1CCN(c2ccccn2)CC1)c1ccc(Cl)cc1. The van der Waals surface area contributed by atoms with Gasteiger partial charge in [-0.05, 0) is 24.3 Å². The molecule has 1 fully saturated rings. The highest BCUT2D eigenvalue weighted by Crippen LogP contribution is 2.14. The van der Waals surface area contributed by atoms with Gasteiger partial charge in [0, 0.05) is 49.5 Å². The van der Waals surface area contributed by atoms with Crippen LogP contribution in [0.4, 0.5) is 5.82 Å². The lowest BCUT2D eigenvalue weighted by Gasteiger charge is -2.35. The molecule has 0 aliphatic carbocycles. The Morgan fingerprint density at radius 2 is 1.88 bits per heavy atom. The van der Waals surface area contributed by atoms with Gasteiger partial charge in [-0.25, -0.2) is 4.98 Å². The van der Waals surface area contributed by atoms with Gasteiger partial charge in [0.2, 0.25) is 0 Å². The summed E-state index contributed by atoms with van der Waals surface area (Å²) in [5, 5.41) is 4.92. The van der Waals surface area contributed by atoms with Crippen LogP contribution >= 0.6 is 11.6 Å². The highest BCUT2D eigenvalue weighted by atomic mass is 35.5. The number of pyridine rings is 1. The Labute approximate surface area is 147 Å². The molecule has 2 aromatic rings. The third kappa shape index (κ3) is 4.24. The summed E-state index contributed by atoms with van der Waals surface area (Å²) in [6.07, 6.45) is 1.84. The van der Waals surface area contributed by atoms with E-state index in [2.05, 4.69) is 26.0 Å². The maximum absolute atomic E-state index is 5.97. The van der Waals surface area contributed by atoms with Crippen LogP contribution in [0.2, 0.25) is 5.02 Å². The monoisotopic (exact) mass is 344 g/mol. The van der Waals surface area contributed by atoms with Crippen molar-refractivity contribution in [2.75, 3.05) is 44.7 Å². The number of hydrogen-bond donors (Lipinski definition) is 0. The molecule has 1 aliphatic rings. The van der Waals surface area contributed by atoms with Crippen molar-refractivity contribution in [2.24, 2.45) is 5.16 Å². The Morgan fingerprint density at radius 1 is 1.12 bits per heavy atom. The van der Waals surface area contributed by atoms with Crippen molar-refractivity contribution in [3.8, 4) is 0 Å². The molecule has 0 amide bonds. The normalized spacial score (nSPS) is 16.2. The summed E-state index contributed by atoms with van der Waals surface area (Å²) < 4.78 is 0. The Kier molecular flexibility index (Phi) is 5.67. The van der Waals surface area contributed by atoms with E-state index in [1.54, 1.807) is 7.11 Å². The molecule has 1 aliphatic heterocycles. The molecule has 0 saturated carbocycles. The first-order valence-electron chi connectivity index (χ1n) is 8.00. The lowest BCUT2D eigenvalue weighted by molar-refractivity contribution is 0.209. The Balaban J connectivity index is 1.61. The highest BCUT2D eigenvalue weighted by Gasteiger charge is 2.19. The molecule has 24 heavy (non-hydrogen) atoms. The molecule has 0 bridgehead atoms. The second-order valence-corrected chi connectivity index (χ2v) is 6.12. The van der Waals surface area contributed by atoms with Gasteiger partial charge < -0.3 is 9.74 Å². The first kappa shape index (κ1) is 16.7. The second kappa shape index (κ2) is 8.13. The standard InChI is InChI=1S/C18H21ClN4O/c1-24-21-17(15-5-7-16(19)8-6-15)14-22-10-12-23(13-11-22)18-4-2-3-9-20-18/h2-9H,10-14H2,1H3. The van der Waals surface area contributed by atoms with E-state index < -0.39 is 0 Å². The number of nitrogens with zero attached hydrogens (tertiary/aromatic N) is 4. The van der Waals surface area contributed by atoms with Crippen molar-refractivity contribution >= 4 is 23.1 Å². The molecule has 3 rings (SSSR count). The van der Waals surface area contributed by atoms with Gasteiger partial charge >= 0.3 is 0 Å². The minimum Gasteiger partial charge on any atom is -0.399 e. The lowest BCUT2D eigenvalue weighted by atomic mass is 10.1. The summed E-state index contributed by atoms with van der Waals surface area (Å²) in [6.45, 7) is 4.60. The van der Waals surface area contributed by atoms with Crippen LogP contribution < -0.4 is 4.90 Å². The minimum atomic E-state index is 0.722. The van der Waals surface area contributed by atoms with Crippen LogP contribution in [0, 0.1) is 0 Å². The van der Waals surface area contributed by atoms with E-state index in [0.717, 1.165) is 54.8 Å². The number of piperazine rings is 1. The third-order valence-corrected chi connectivity index (χ3v) is 4.35. The number of anilines is 1. The number of hydrogen-bond acceptors (Lipinski definition) is 5. The summed E-state index contributed by atoms with van der Waals surface area (Å²) >= 11 is 5.97. The van der Waals surface area contributed by atoms with E-state index >= 15 is 0 Å². The lowest BCUT2D eigenvalue weighted by Crippen LogP contribution is -2.48. The molecular weight excluding hydrogens is 324 g/mol. The largest absolute Gasteiger partial charge is 0.399 e. The van der Waals surface area contributed by atoms with Gasteiger partial charge in [0.05, 0.1) is 0 Å². The Morgan fingerprint density at radius 3 is 2.50 bits per heavy atom. The summed E-state index contributed by atoms with van der Waals surface area (Å²) in [4.78, 5) is 14.1. The molecule has 5 nitrogen and oxygen atoms in total. The quantitative estimate of drug-likeness (QED) is 0.617. The van der Waals surface area contributed by atoms with Gasteiger partial charge in [-0.3, -0.25) is 4.90 Å². The van der Waals surface area contributed by atoms with Crippen LogP contribution in [-0.4, -0.2) is 55.4 Å². The topological polar surface area (TPSA) is 41.0 Å². The maximum Gasteiger partial charge on any atom is 0.128 e. The zero-order valence-electron chi connectivity index (χ0n) is 13.7. The van der Waals surface area contributed by atoms with Gasteiger partial charge in [0.15, 0.2) is 0 Å². The minimum absolute atomic E-state index is 0.722. The molecule has 1 aromatic heterocycles. The molecule has 0 N–H and O–H groups in total. The zero-order chi connectivity index (χ0) is 16.8. The fraction of sp³-hybridized carbons (Fsp3) is 0.333. The zero-order valence-corrected chi connectivity index (χ0v) is 14.5. The first-order valence-corrected chi connectivity index (χ1v) is 8.38. The van der Waals surface area contributed by atoms with Gasteiger partial charge in [0.1, 0.15) is 18.6 Å². The summed E-state index contributed by atoms with van der Waals surface area (Å²) in [6, 6.07) is 13.7. The molecule has 0 radical (unpaired) electrons. The van der Waals surface area contributed by atoms with E-state index in [4.69, 9.17) is 16.4 Å². The molecule has 1 saturated heterocycles. The molecule has 126 valence electrons. The Bertz CT molecular complexity index is 667. The number of aromatic nitrogens is 1. The second-order valence-electron chi connectivity index (χ2n) is 5.68. The predicted octanol–water partition coefficient (Wildman–Crippen LogP) is 2.91. The molecule has 0 atom stereocenters. The van der Waals surface area contributed by atoms with Crippen molar-refractivity contribution in [3.63, 3.8) is 0 Å². The molecule has 1 aromatic carbocycles. The van der Waals surface area contributed by atoms with Crippen LogP contribution in [0.1, 0.15) is 5.56 Å². The van der Waals surface area contributed by atoms with E-state index in [1.807, 2.05) is 42.6 Å². The summed E-state index contributed by atoms with van der Waals surface area (Å²) in [5.41, 5.74) is 1.95. The number of halogens is 1. The predicted molar refractivity (Wildman–Crippen MR) is 97.9 cm³/mol. The molecule has 0 spiro atoms. The van der Waals surface area contributed by atoms with E-state index in [1.165, 1.54) is 0 Å².